The Kier molecular flexibility index (Phi) is 2.99. The molecule has 0 spiro atoms. The molecule has 0 heterocycles. The standard InChI is InChI=1S/C14H21N/c1-10-4-3-5-12(8-10)14-9-13(15)7-6-11(14)2/h6-7,9-10,12H,3-5,8,15H2,1-2H3/t10-,12-/m1/s1. The third kappa shape index (κ3) is 2.34. The molecular formula is C14H21N. The van der Waals surface area contributed by atoms with E-state index < -0.39 is 0 Å². The summed E-state index contributed by atoms with van der Waals surface area (Å²) in [5.41, 5.74) is 9.67. The Morgan fingerprint density at radius 1 is 1.27 bits per heavy atom. The van der Waals surface area contributed by atoms with E-state index >= 15 is 0 Å². The highest BCUT2D eigenvalue weighted by atomic mass is 14.5. The summed E-state index contributed by atoms with van der Waals surface area (Å²) < 4.78 is 0. The van der Waals surface area contributed by atoms with Crippen LogP contribution >= 0.6 is 0 Å². The first-order valence-corrected chi connectivity index (χ1v) is 6.03. The summed E-state index contributed by atoms with van der Waals surface area (Å²) in [5.74, 6) is 1.63. The van der Waals surface area contributed by atoms with E-state index in [1.165, 1.54) is 36.8 Å². The smallest absolute Gasteiger partial charge is 0.0317 e. The molecule has 1 fully saturated rings. The molecule has 0 aromatic heterocycles. The molecule has 1 nitrogen and oxygen atoms in total. The van der Waals surface area contributed by atoms with Crippen LogP contribution in [0.2, 0.25) is 0 Å². The zero-order chi connectivity index (χ0) is 10.8. The van der Waals surface area contributed by atoms with Gasteiger partial charge in [0.1, 0.15) is 0 Å². The molecule has 0 unspecified atom stereocenters. The molecule has 0 amide bonds. The summed E-state index contributed by atoms with van der Waals surface area (Å²) in [7, 11) is 0. The zero-order valence-corrected chi connectivity index (χ0v) is 9.79. The molecule has 15 heavy (non-hydrogen) atoms. The van der Waals surface area contributed by atoms with Crippen molar-refractivity contribution in [3.8, 4) is 0 Å². The van der Waals surface area contributed by atoms with Crippen LogP contribution in [0.5, 0.6) is 0 Å². The maximum Gasteiger partial charge on any atom is 0.0317 e. The molecule has 2 rings (SSSR count). The Morgan fingerprint density at radius 3 is 2.80 bits per heavy atom. The predicted molar refractivity (Wildman–Crippen MR) is 66.0 cm³/mol. The van der Waals surface area contributed by atoms with Crippen LogP contribution in [0.3, 0.4) is 0 Å². The number of aryl methyl sites for hydroxylation is 1. The normalized spacial score (nSPS) is 26.5. The molecule has 0 saturated heterocycles. The number of hydrogen-bond donors (Lipinski definition) is 1. The third-order valence-electron chi connectivity index (χ3n) is 3.68. The second kappa shape index (κ2) is 4.26. The Morgan fingerprint density at radius 2 is 2.07 bits per heavy atom. The molecule has 1 aliphatic rings. The van der Waals surface area contributed by atoms with Gasteiger partial charge in [-0.2, -0.15) is 0 Å². The van der Waals surface area contributed by atoms with Gasteiger partial charge < -0.3 is 5.73 Å². The molecule has 1 aliphatic carbocycles. The Labute approximate surface area is 92.7 Å². The summed E-state index contributed by atoms with van der Waals surface area (Å²) in [6.45, 7) is 4.57. The fourth-order valence-electron chi connectivity index (χ4n) is 2.82. The number of nitrogen functional groups attached to an aromatic ring is 1. The lowest BCUT2D eigenvalue weighted by atomic mass is 9.77. The Balaban J connectivity index is 2.24. The van der Waals surface area contributed by atoms with E-state index in [0.717, 1.165) is 17.5 Å². The summed E-state index contributed by atoms with van der Waals surface area (Å²) >= 11 is 0. The highest BCUT2D eigenvalue weighted by Gasteiger charge is 2.21. The van der Waals surface area contributed by atoms with Crippen molar-refractivity contribution >= 4 is 5.69 Å². The quantitative estimate of drug-likeness (QED) is 0.689. The zero-order valence-electron chi connectivity index (χ0n) is 9.79. The number of rotatable bonds is 1. The molecule has 0 radical (unpaired) electrons. The minimum Gasteiger partial charge on any atom is -0.399 e. The first-order valence-electron chi connectivity index (χ1n) is 6.03. The van der Waals surface area contributed by atoms with Crippen LogP contribution in [0.25, 0.3) is 0 Å². The van der Waals surface area contributed by atoms with Gasteiger partial charge in [-0.25, -0.2) is 0 Å². The lowest BCUT2D eigenvalue weighted by Gasteiger charge is -2.28. The van der Waals surface area contributed by atoms with Gasteiger partial charge in [-0.15, -0.1) is 0 Å². The second-order valence-electron chi connectivity index (χ2n) is 5.08. The van der Waals surface area contributed by atoms with Gasteiger partial charge in [-0.05, 0) is 54.9 Å². The van der Waals surface area contributed by atoms with Gasteiger partial charge in [0.2, 0.25) is 0 Å². The Hall–Kier alpha value is -0.980. The highest BCUT2D eigenvalue weighted by Crippen LogP contribution is 2.37. The Bertz CT molecular complexity index is 343. The molecular weight excluding hydrogens is 182 g/mol. The number of hydrogen-bond acceptors (Lipinski definition) is 1. The van der Waals surface area contributed by atoms with Gasteiger partial charge in [0, 0.05) is 5.69 Å². The molecule has 2 N–H and O–H groups in total. The largest absolute Gasteiger partial charge is 0.399 e. The maximum atomic E-state index is 5.87. The van der Waals surface area contributed by atoms with E-state index in [2.05, 4.69) is 26.0 Å². The third-order valence-corrected chi connectivity index (χ3v) is 3.68. The average molecular weight is 203 g/mol. The SMILES string of the molecule is Cc1ccc(N)cc1[C@@H]1CCC[C@@H](C)C1. The number of anilines is 1. The second-order valence-corrected chi connectivity index (χ2v) is 5.08. The molecule has 82 valence electrons. The van der Waals surface area contributed by atoms with E-state index in [1.807, 2.05) is 6.07 Å². The van der Waals surface area contributed by atoms with Crippen LogP contribution in [0.1, 0.15) is 49.7 Å². The van der Waals surface area contributed by atoms with Crippen LogP contribution in [0, 0.1) is 12.8 Å². The first-order chi connectivity index (χ1) is 7.16. The number of nitrogens with two attached hydrogens (primary N) is 1. The molecule has 0 bridgehead atoms. The highest BCUT2D eigenvalue weighted by molar-refractivity contribution is 5.45. The van der Waals surface area contributed by atoms with Gasteiger partial charge in [-0.1, -0.05) is 25.8 Å². The van der Waals surface area contributed by atoms with E-state index in [0.29, 0.717) is 0 Å². The fraction of sp³-hybridized carbons (Fsp3) is 0.571. The van der Waals surface area contributed by atoms with E-state index in [1.54, 1.807) is 0 Å². The number of benzene rings is 1. The summed E-state index contributed by atoms with van der Waals surface area (Å²) in [6.07, 6.45) is 5.46. The van der Waals surface area contributed by atoms with Crippen LogP contribution < -0.4 is 5.73 Å². The van der Waals surface area contributed by atoms with Gasteiger partial charge in [0.25, 0.3) is 0 Å². The van der Waals surface area contributed by atoms with Crippen molar-refractivity contribution in [2.24, 2.45) is 5.92 Å². The van der Waals surface area contributed by atoms with Crippen LogP contribution in [-0.2, 0) is 0 Å². The minimum absolute atomic E-state index is 0.747. The van der Waals surface area contributed by atoms with Crippen molar-refractivity contribution in [2.45, 2.75) is 45.4 Å². The topological polar surface area (TPSA) is 26.0 Å². The van der Waals surface area contributed by atoms with Crippen molar-refractivity contribution in [3.05, 3.63) is 29.3 Å². The minimum atomic E-state index is 0.747. The van der Waals surface area contributed by atoms with E-state index in [9.17, 15) is 0 Å². The summed E-state index contributed by atoms with van der Waals surface area (Å²) in [6, 6.07) is 6.34. The fourth-order valence-corrected chi connectivity index (χ4v) is 2.82. The summed E-state index contributed by atoms with van der Waals surface area (Å²) in [5, 5.41) is 0. The van der Waals surface area contributed by atoms with Crippen molar-refractivity contribution in [2.75, 3.05) is 5.73 Å². The predicted octanol–water partition coefficient (Wildman–Crippen LogP) is 3.87. The molecule has 1 aromatic rings. The first kappa shape index (κ1) is 10.5. The monoisotopic (exact) mass is 203 g/mol. The van der Waals surface area contributed by atoms with Crippen molar-refractivity contribution in [1.82, 2.24) is 0 Å². The average Bonchev–Trinajstić information content (AvgIpc) is 2.22. The van der Waals surface area contributed by atoms with Gasteiger partial charge in [-0.3, -0.25) is 0 Å². The van der Waals surface area contributed by atoms with Gasteiger partial charge >= 0.3 is 0 Å². The lowest BCUT2D eigenvalue weighted by molar-refractivity contribution is 0.343. The summed E-state index contributed by atoms with van der Waals surface area (Å²) in [4.78, 5) is 0. The van der Waals surface area contributed by atoms with E-state index in [-0.39, 0.29) is 0 Å². The van der Waals surface area contributed by atoms with Gasteiger partial charge in [0.15, 0.2) is 0 Å². The molecule has 1 aromatic carbocycles. The van der Waals surface area contributed by atoms with Crippen LogP contribution in [0.4, 0.5) is 5.69 Å². The van der Waals surface area contributed by atoms with Crippen molar-refractivity contribution in [3.63, 3.8) is 0 Å². The molecule has 1 saturated carbocycles. The molecule has 1 heteroatoms. The van der Waals surface area contributed by atoms with E-state index in [4.69, 9.17) is 5.73 Å². The van der Waals surface area contributed by atoms with Crippen LogP contribution in [0.15, 0.2) is 18.2 Å². The molecule has 2 atom stereocenters. The van der Waals surface area contributed by atoms with Gasteiger partial charge in [0.05, 0.1) is 0 Å². The molecule has 0 aliphatic heterocycles. The lowest BCUT2D eigenvalue weighted by Crippen LogP contribution is -2.12. The van der Waals surface area contributed by atoms with Crippen molar-refractivity contribution < 1.29 is 0 Å². The van der Waals surface area contributed by atoms with Crippen LogP contribution in [-0.4, -0.2) is 0 Å². The maximum absolute atomic E-state index is 5.87. The van der Waals surface area contributed by atoms with Crippen molar-refractivity contribution in [1.29, 1.82) is 0 Å².